The lowest BCUT2D eigenvalue weighted by atomic mass is 10.3. The molecule has 0 aromatic rings. The van der Waals surface area contributed by atoms with E-state index in [0.29, 0.717) is 0 Å². The molecule has 0 amide bonds. The molecule has 0 spiro atoms. The molecule has 0 N–H and O–H groups in total. The molecule has 1 unspecified atom stereocenters. The van der Waals surface area contributed by atoms with E-state index in [0.717, 1.165) is 16.0 Å². The zero-order valence-electron chi connectivity index (χ0n) is 6.11. The Morgan fingerprint density at radius 1 is 1.75 bits per heavy atom. The van der Waals surface area contributed by atoms with Gasteiger partial charge in [0.2, 0.25) is 0 Å². The minimum Gasteiger partial charge on any atom is -0.468 e. The normalized spacial score (nSPS) is 15.8. The zero-order valence-corrected chi connectivity index (χ0v) is 9.52. The summed E-state index contributed by atoms with van der Waals surface area (Å²) in [5, 5.41) is 0. The van der Waals surface area contributed by atoms with Gasteiger partial charge in [0.1, 0.15) is 20.2 Å². The molecule has 0 aliphatic heterocycles. The first-order valence-corrected chi connectivity index (χ1v) is 5.51. The minimum absolute atomic E-state index is 0.103. The van der Waals surface area contributed by atoms with Gasteiger partial charge in [-0.3, -0.25) is 0 Å². The van der Waals surface area contributed by atoms with E-state index < -0.39 is 0 Å². The van der Waals surface area contributed by atoms with Crippen molar-refractivity contribution in [2.24, 2.45) is 0 Å². The predicted octanol–water partition coefficient (Wildman–Crippen LogP) is -0.0243. The summed E-state index contributed by atoms with van der Waals surface area (Å²) in [6, 6.07) is 0. The summed E-state index contributed by atoms with van der Waals surface area (Å²) in [6.07, 6.45) is 2.69. The molecule has 0 rings (SSSR count). The second kappa shape index (κ2) is 5.53. The molecular formula is C5H16OSi2. The van der Waals surface area contributed by atoms with Crippen LogP contribution < -0.4 is 0 Å². The van der Waals surface area contributed by atoms with Crippen LogP contribution in [0.15, 0.2) is 0 Å². The fourth-order valence-electron chi connectivity index (χ4n) is 0.861. The monoisotopic (exact) mass is 148 g/mol. The highest BCUT2D eigenvalue weighted by molar-refractivity contribution is 6.35. The Hall–Kier alpha value is 0.394. The van der Waals surface area contributed by atoms with Gasteiger partial charge in [-0.25, -0.2) is 0 Å². The van der Waals surface area contributed by atoms with E-state index >= 15 is 0 Å². The molecule has 0 heterocycles. The van der Waals surface area contributed by atoms with Crippen LogP contribution in [0.2, 0.25) is 5.54 Å². The Labute approximate surface area is 57.3 Å². The maximum absolute atomic E-state index is 5.23. The van der Waals surface area contributed by atoms with Crippen LogP contribution in [0.25, 0.3) is 0 Å². The molecule has 8 heavy (non-hydrogen) atoms. The summed E-state index contributed by atoms with van der Waals surface area (Å²) < 4.78 is 5.23. The van der Waals surface area contributed by atoms with Gasteiger partial charge in [-0.1, -0.05) is 26.7 Å². The molecule has 0 aliphatic carbocycles. The van der Waals surface area contributed by atoms with Crippen LogP contribution in [0.5, 0.6) is 0 Å². The number of rotatable bonds is 4. The van der Waals surface area contributed by atoms with Crippen molar-refractivity contribution in [1.29, 1.82) is 0 Å². The van der Waals surface area contributed by atoms with Crippen LogP contribution in [0, 0.1) is 0 Å². The second-order valence-corrected chi connectivity index (χ2v) is 6.39. The van der Waals surface area contributed by atoms with Gasteiger partial charge in [0, 0.05) is 0 Å². The van der Waals surface area contributed by atoms with E-state index in [9.17, 15) is 0 Å². The van der Waals surface area contributed by atoms with Crippen LogP contribution in [-0.2, 0) is 4.12 Å². The molecule has 0 aromatic carbocycles. The van der Waals surface area contributed by atoms with Gasteiger partial charge in [-0.15, -0.1) is 0 Å². The predicted molar refractivity (Wildman–Crippen MR) is 43.9 cm³/mol. The molecule has 0 saturated heterocycles. The van der Waals surface area contributed by atoms with Gasteiger partial charge < -0.3 is 4.12 Å². The van der Waals surface area contributed by atoms with Crippen LogP contribution in [0.4, 0.5) is 0 Å². The third-order valence-electron chi connectivity index (χ3n) is 1.23. The molecule has 1 atom stereocenters. The van der Waals surface area contributed by atoms with Gasteiger partial charge in [0.05, 0.1) is 0 Å². The van der Waals surface area contributed by atoms with Crippen molar-refractivity contribution in [2.45, 2.75) is 32.2 Å². The Morgan fingerprint density at radius 3 is 2.75 bits per heavy atom. The minimum atomic E-state index is -0.103. The summed E-state index contributed by atoms with van der Waals surface area (Å²) >= 11 is 0. The van der Waals surface area contributed by atoms with Crippen molar-refractivity contribution in [1.82, 2.24) is 0 Å². The number of hydrogen-bond donors (Lipinski definition) is 0. The summed E-state index contributed by atoms with van der Waals surface area (Å²) in [5.74, 6) is 0. The van der Waals surface area contributed by atoms with E-state index in [4.69, 9.17) is 4.12 Å². The van der Waals surface area contributed by atoms with E-state index in [2.05, 4.69) is 13.8 Å². The van der Waals surface area contributed by atoms with Gasteiger partial charge in [0.25, 0.3) is 0 Å². The second-order valence-electron chi connectivity index (χ2n) is 2.35. The van der Waals surface area contributed by atoms with E-state index in [1.807, 2.05) is 0 Å². The highest BCUT2D eigenvalue weighted by Crippen LogP contribution is 2.08. The first-order valence-electron chi connectivity index (χ1n) is 3.30. The van der Waals surface area contributed by atoms with Crippen molar-refractivity contribution >= 4 is 20.2 Å². The van der Waals surface area contributed by atoms with Crippen molar-refractivity contribution in [3.63, 3.8) is 0 Å². The molecule has 50 valence electrons. The van der Waals surface area contributed by atoms with E-state index in [-0.39, 0.29) is 9.76 Å². The molecule has 0 bridgehead atoms. The topological polar surface area (TPSA) is 9.23 Å². The average Bonchev–Trinajstić information content (AvgIpc) is 1.68. The molecule has 0 fully saturated rings. The van der Waals surface area contributed by atoms with E-state index in [1.165, 1.54) is 12.8 Å². The average molecular weight is 148 g/mol. The molecule has 0 saturated carbocycles. The maximum atomic E-state index is 5.23. The van der Waals surface area contributed by atoms with Crippen LogP contribution in [-0.4, -0.2) is 20.2 Å². The van der Waals surface area contributed by atoms with Gasteiger partial charge in [-0.05, 0) is 5.54 Å². The van der Waals surface area contributed by atoms with Crippen molar-refractivity contribution in [3.8, 4) is 0 Å². The fourth-order valence-corrected chi connectivity index (χ4v) is 3.71. The van der Waals surface area contributed by atoms with Gasteiger partial charge in [-0.2, -0.15) is 0 Å². The summed E-state index contributed by atoms with van der Waals surface area (Å²) in [5.41, 5.74) is 0.914. The smallest absolute Gasteiger partial charge is 0.148 e. The van der Waals surface area contributed by atoms with Crippen LogP contribution in [0.3, 0.4) is 0 Å². The lowest BCUT2D eigenvalue weighted by Crippen LogP contribution is -2.01. The van der Waals surface area contributed by atoms with Gasteiger partial charge >= 0.3 is 0 Å². The standard InChI is InChI=1S/C5H16OSi2/c1-3-4-5(2)8-6-7/h5H,3-4,8H2,1-2,7H3. The highest BCUT2D eigenvalue weighted by atomic mass is 28.3. The summed E-state index contributed by atoms with van der Waals surface area (Å²) in [7, 11) is 0.853. The largest absolute Gasteiger partial charge is 0.468 e. The first-order chi connectivity index (χ1) is 3.81. The van der Waals surface area contributed by atoms with Crippen molar-refractivity contribution in [2.75, 3.05) is 0 Å². The van der Waals surface area contributed by atoms with Crippen molar-refractivity contribution < 1.29 is 4.12 Å². The van der Waals surface area contributed by atoms with Gasteiger partial charge in [0.15, 0.2) is 0 Å². The summed E-state index contributed by atoms with van der Waals surface area (Å²) in [4.78, 5) is 0. The Balaban J connectivity index is 2.92. The highest BCUT2D eigenvalue weighted by Gasteiger charge is 1.97. The lowest BCUT2D eigenvalue weighted by molar-refractivity contribution is 0.617. The quantitative estimate of drug-likeness (QED) is 0.509. The fraction of sp³-hybridized carbons (Fsp3) is 1.00. The van der Waals surface area contributed by atoms with Crippen molar-refractivity contribution in [3.05, 3.63) is 0 Å². The molecule has 1 nitrogen and oxygen atoms in total. The molecule has 3 heteroatoms. The van der Waals surface area contributed by atoms with Crippen LogP contribution >= 0.6 is 0 Å². The molecule has 0 aliphatic rings. The van der Waals surface area contributed by atoms with E-state index in [1.54, 1.807) is 0 Å². The Kier molecular flexibility index (Phi) is 5.80. The van der Waals surface area contributed by atoms with Crippen LogP contribution in [0.1, 0.15) is 26.7 Å². The third-order valence-corrected chi connectivity index (χ3v) is 3.54. The number of hydrogen-bond acceptors (Lipinski definition) is 1. The summed E-state index contributed by atoms with van der Waals surface area (Å²) in [6.45, 7) is 4.53. The maximum Gasteiger partial charge on any atom is 0.148 e. The first kappa shape index (κ1) is 8.39. The molecular weight excluding hydrogens is 132 g/mol. The third kappa shape index (κ3) is 4.55. The zero-order chi connectivity index (χ0) is 6.41. The molecule has 0 radical (unpaired) electrons. The SMILES string of the molecule is CCCC(C)[SiH2]O[SiH3]. The Morgan fingerprint density at radius 2 is 2.38 bits per heavy atom. The Bertz CT molecular complexity index is 43.7. The molecule has 0 aromatic heterocycles. The lowest BCUT2D eigenvalue weighted by Gasteiger charge is -2.05.